The second kappa shape index (κ2) is 8.07. The van der Waals surface area contributed by atoms with Crippen molar-refractivity contribution in [1.82, 2.24) is 19.7 Å². The van der Waals surface area contributed by atoms with Crippen LogP contribution in [0.15, 0.2) is 36.5 Å². The molecule has 0 aliphatic carbocycles. The zero-order valence-electron chi connectivity index (χ0n) is 15.9. The van der Waals surface area contributed by atoms with Crippen LogP contribution in [0.3, 0.4) is 0 Å². The number of esters is 1. The Morgan fingerprint density at radius 1 is 1.22 bits per heavy atom. The Balaban J connectivity index is 1.59. The fourth-order valence-corrected chi connectivity index (χ4v) is 3.22. The Morgan fingerprint density at radius 2 is 2.00 bits per heavy atom. The van der Waals surface area contributed by atoms with E-state index in [1.54, 1.807) is 10.8 Å². The zero-order chi connectivity index (χ0) is 19.4. The molecule has 3 aromatic rings. The molecule has 0 fully saturated rings. The fraction of sp³-hybridized carbons (Fsp3) is 0.350. The number of ether oxygens (including phenoxy) is 1. The minimum atomic E-state index is -0.407. The normalized spacial score (nSPS) is 10.9. The minimum absolute atomic E-state index is 0.0967. The number of aromatic nitrogens is 3. The smallest absolute Gasteiger partial charge is 0.340 e. The molecule has 1 aromatic carbocycles. The van der Waals surface area contributed by atoms with Gasteiger partial charge in [-0.2, -0.15) is 5.10 Å². The van der Waals surface area contributed by atoms with Crippen molar-refractivity contribution in [1.29, 1.82) is 0 Å². The van der Waals surface area contributed by atoms with Crippen LogP contribution >= 0.6 is 0 Å². The topological polar surface area (TPSA) is 78.1 Å². The molecule has 27 heavy (non-hydrogen) atoms. The maximum atomic E-state index is 12.3. The molecule has 2 heterocycles. The molecule has 1 N–H and O–H groups in total. The van der Waals surface area contributed by atoms with E-state index >= 15 is 0 Å². The predicted molar refractivity (Wildman–Crippen MR) is 103 cm³/mol. The lowest BCUT2D eigenvalue weighted by Crippen LogP contribution is -2.29. The first-order valence-corrected chi connectivity index (χ1v) is 8.93. The van der Waals surface area contributed by atoms with Gasteiger partial charge in [-0.15, -0.1) is 0 Å². The van der Waals surface area contributed by atoms with Gasteiger partial charge in [0.15, 0.2) is 0 Å². The summed E-state index contributed by atoms with van der Waals surface area (Å²) < 4.78 is 8.56. The van der Waals surface area contributed by atoms with Crippen LogP contribution in [0.5, 0.6) is 0 Å². The van der Waals surface area contributed by atoms with Gasteiger partial charge in [-0.05, 0) is 32.4 Å². The molecule has 142 valence electrons. The molecule has 2 aromatic heterocycles. The summed E-state index contributed by atoms with van der Waals surface area (Å²) in [6.07, 6.45) is 2.47. The quantitative estimate of drug-likeness (QED) is 0.513. The van der Waals surface area contributed by atoms with Crippen molar-refractivity contribution >= 4 is 22.8 Å². The van der Waals surface area contributed by atoms with Crippen LogP contribution < -0.4 is 5.32 Å². The Labute approximate surface area is 157 Å². The fourth-order valence-electron chi connectivity index (χ4n) is 3.22. The Bertz CT molecular complexity index is 971. The number of rotatable bonds is 7. The summed E-state index contributed by atoms with van der Waals surface area (Å²) >= 11 is 0. The Hall–Kier alpha value is -3.09. The van der Waals surface area contributed by atoms with Crippen LogP contribution in [0.2, 0.25) is 0 Å². The van der Waals surface area contributed by atoms with E-state index in [9.17, 15) is 9.59 Å². The molecule has 7 heteroatoms. The predicted octanol–water partition coefficient (Wildman–Crippen LogP) is 2.45. The number of nitrogens with one attached hydrogen (secondary N) is 1. The molecule has 0 atom stereocenters. The van der Waals surface area contributed by atoms with Crippen LogP contribution in [0.1, 0.15) is 28.2 Å². The van der Waals surface area contributed by atoms with E-state index in [1.165, 1.54) is 7.11 Å². The number of amides is 1. The standard InChI is InChI=1S/C20H24N4O3/c1-14-11-15(2)24(22-14)10-6-9-21-19(25)13-23-12-17(20(26)27-3)16-7-4-5-8-18(16)23/h4-5,7-8,11-12H,6,9-10,13H2,1-3H3,(H,21,25). The highest BCUT2D eigenvalue weighted by Gasteiger charge is 2.16. The van der Waals surface area contributed by atoms with Crippen LogP contribution in [-0.4, -0.2) is 39.9 Å². The maximum Gasteiger partial charge on any atom is 0.340 e. The Kier molecular flexibility index (Phi) is 5.59. The van der Waals surface area contributed by atoms with Gasteiger partial charge in [-0.3, -0.25) is 9.48 Å². The van der Waals surface area contributed by atoms with Crippen molar-refractivity contribution in [2.24, 2.45) is 0 Å². The number of nitrogens with zero attached hydrogens (tertiary/aromatic N) is 3. The molecule has 0 radical (unpaired) electrons. The van der Waals surface area contributed by atoms with Gasteiger partial charge in [0.2, 0.25) is 5.91 Å². The van der Waals surface area contributed by atoms with Crippen LogP contribution in [0.4, 0.5) is 0 Å². The highest BCUT2D eigenvalue weighted by atomic mass is 16.5. The van der Waals surface area contributed by atoms with E-state index in [4.69, 9.17) is 4.74 Å². The molecule has 0 unspecified atom stereocenters. The first kappa shape index (κ1) is 18.7. The van der Waals surface area contributed by atoms with Gasteiger partial charge in [-0.1, -0.05) is 18.2 Å². The summed E-state index contributed by atoms with van der Waals surface area (Å²) in [5, 5.41) is 8.12. The van der Waals surface area contributed by atoms with E-state index in [0.29, 0.717) is 12.1 Å². The molecule has 3 rings (SSSR count). The number of para-hydroxylation sites is 1. The number of benzene rings is 1. The van der Waals surface area contributed by atoms with E-state index < -0.39 is 5.97 Å². The lowest BCUT2D eigenvalue weighted by Gasteiger charge is -2.08. The second-order valence-corrected chi connectivity index (χ2v) is 6.53. The summed E-state index contributed by atoms with van der Waals surface area (Å²) in [6, 6.07) is 9.52. The monoisotopic (exact) mass is 368 g/mol. The van der Waals surface area contributed by atoms with Gasteiger partial charge in [0.25, 0.3) is 0 Å². The number of fused-ring (bicyclic) bond motifs is 1. The lowest BCUT2D eigenvalue weighted by atomic mass is 10.2. The van der Waals surface area contributed by atoms with E-state index in [2.05, 4.69) is 10.4 Å². The molecular weight excluding hydrogens is 344 g/mol. The SMILES string of the molecule is COC(=O)c1cn(CC(=O)NCCCn2nc(C)cc2C)c2ccccc12. The zero-order valence-corrected chi connectivity index (χ0v) is 15.9. The van der Waals surface area contributed by atoms with Gasteiger partial charge >= 0.3 is 5.97 Å². The van der Waals surface area contributed by atoms with Crippen LogP contribution in [0.25, 0.3) is 10.9 Å². The number of hydrogen-bond donors (Lipinski definition) is 1. The number of methoxy groups -OCH3 is 1. The van der Waals surface area contributed by atoms with Gasteiger partial charge in [0.1, 0.15) is 6.54 Å². The largest absolute Gasteiger partial charge is 0.465 e. The molecule has 0 saturated heterocycles. The second-order valence-electron chi connectivity index (χ2n) is 6.53. The van der Waals surface area contributed by atoms with Crippen LogP contribution in [-0.2, 0) is 22.6 Å². The van der Waals surface area contributed by atoms with Gasteiger partial charge < -0.3 is 14.6 Å². The molecule has 0 bridgehead atoms. The summed E-state index contributed by atoms with van der Waals surface area (Å²) in [7, 11) is 1.35. The highest BCUT2D eigenvalue weighted by Crippen LogP contribution is 2.21. The minimum Gasteiger partial charge on any atom is -0.465 e. The maximum absolute atomic E-state index is 12.3. The first-order valence-electron chi connectivity index (χ1n) is 8.93. The first-order chi connectivity index (χ1) is 13.0. The Morgan fingerprint density at radius 3 is 2.70 bits per heavy atom. The van der Waals surface area contributed by atoms with Crippen molar-refractivity contribution in [3.8, 4) is 0 Å². The third-order valence-electron chi connectivity index (χ3n) is 4.48. The third kappa shape index (κ3) is 4.19. The van der Waals surface area contributed by atoms with Crippen molar-refractivity contribution < 1.29 is 14.3 Å². The highest BCUT2D eigenvalue weighted by molar-refractivity contribution is 6.04. The number of hydrogen-bond acceptors (Lipinski definition) is 4. The van der Waals surface area contributed by atoms with Gasteiger partial charge in [0.05, 0.1) is 18.4 Å². The number of carbonyl (C=O) groups excluding carboxylic acids is 2. The van der Waals surface area contributed by atoms with Crippen molar-refractivity contribution in [3.05, 3.63) is 53.5 Å². The molecular formula is C20H24N4O3. The van der Waals surface area contributed by atoms with E-state index in [1.807, 2.05) is 48.9 Å². The van der Waals surface area contributed by atoms with E-state index in [-0.39, 0.29) is 12.5 Å². The molecule has 0 spiro atoms. The molecule has 0 aliphatic rings. The number of carbonyl (C=O) groups is 2. The van der Waals surface area contributed by atoms with E-state index in [0.717, 1.165) is 35.3 Å². The lowest BCUT2D eigenvalue weighted by molar-refractivity contribution is -0.121. The summed E-state index contributed by atoms with van der Waals surface area (Å²) in [5.74, 6) is -0.504. The van der Waals surface area contributed by atoms with Crippen LogP contribution in [0, 0.1) is 13.8 Å². The summed E-state index contributed by atoms with van der Waals surface area (Å²) in [4.78, 5) is 24.3. The molecule has 1 amide bonds. The summed E-state index contributed by atoms with van der Waals surface area (Å²) in [5.41, 5.74) is 3.41. The van der Waals surface area contributed by atoms with Gasteiger partial charge in [0, 0.05) is 35.9 Å². The molecule has 0 aliphatic heterocycles. The number of aryl methyl sites for hydroxylation is 3. The molecule has 0 saturated carbocycles. The average Bonchev–Trinajstić information content (AvgIpc) is 3.18. The third-order valence-corrected chi connectivity index (χ3v) is 4.48. The molecule has 7 nitrogen and oxygen atoms in total. The van der Waals surface area contributed by atoms with Crippen molar-refractivity contribution in [2.45, 2.75) is 33.4 Å². The summed E-state index contributed by atoms with van der Waals surface area (Å²) in [6.45, 7) is 5.47. The average molecular weight is 368 g/mol. The van der Waals surface area contributed by atoms with Crippen molar-refractivity contribution in [3.63, 3.8) is 0 Å². The van der Waals surface area contributed by atoms with Crippen molar-refractivity contribution in [2.75, 3.05) is 13.7 Å². The van der Waals surface area contributed by atoms with Gasteiger partial charge in [-0.25, -0.2) is 4.79 Å².